The van der Waals surface area contributed by atoms with Crippen molar-refractivity contribution in [3.63, 3.8) is 0 Å². The highest BCUT2D eigenvalue weighted by Gasteiger charge is 2.19. The maximum absolute atomic E-state index is 2.33. The fourth-order valence-electron chi connectivity index (χ4n) is 4.00. The minimum absolute atomic E-state index is 1.22. The Morgan fingerprint density at radius 2 is 1.22 bits per heavy atom. The second-order valence-electron chi connectivity index (χ2n) is 6.91. The maximum Gasteiger partial charge on any atom is 0.213 e. The van der Waals surface area contributed by atoms with Crippen molar-refractivity contribution in [1.82, 2.24) is 0 Å². The Kier molecular flexibility index (Phi) is 3.72. The molecule has 1 aromatic heterocycles. The monoisotopic (exact) mass is 346 g/mol. The van der Waals surface area contributed by atoms with Crippen LogP contribution in [-0.4, -0.2) is 0 Å². The average molecular weight is 346 g/mol. The summed E-state index contributed by atoms with van der Waals surface area (Å²) in [4.78, 5) is 0. The molecule has 4 aromatic carbocycles. The molecule has 1 nitrogen and oxygen atoms in total. The first-order chi connectivity index (χ1) is 13.3. The first-order valence-electron chi connectivity index (χ1n) is 9.28. The molecule has 5 rings (SSSR count). The molecule has 128 valence electrons. The molecule has 0 aliphatic carbocycles. The highest BCUT2D eigenvalue weighted by Crippen LogP contribution is 2.35. The van der Waals surface area contributed by atoms with Gasteiger partial charge in [-0.3, -0.25) is 0 Å². The van der Waals surface area contributed by atoms with E-state index in [2.05, 4.69) is 115 Å². The highest BCUT2D eigenvalue weighted by molar-refractivity contribution is 6.04. The number of rotatable bonds is 2. The lowest BCUT2D eigenvalue weighted by Crippen LogP contribution is -2.32. The number of aromatic nitrogens is 1. The van der Waals surface area contributed by atoms with Gasteiger partial charge in [-0.1, -0.05) is 72.8 Å². The molecule has 0 aliphatic heterocycles. The molecule has 0 atom stereocenters. The Labute approximate surface area is 159 Å². The molecule has 27 heavy (non-hydrogen) atoms. The van der Waals surface area contributed by atoms with Gasteiger partial charge in [-0.05, 0) is 34.5 Å². The normalized spacial score (nSPS) is 11.1. The van der Waals surface area contributed by atoms with Crippen LogP contribution in [0.15, 0.2) is 103 Å². The van der Waals surface area contributed by atoms with Gasteiger partial charge in [0, 0.05) is 23.3 Å². The number of hydrogen-bond acceptors (Lipinski definition) is 0. The topological polar surface area (TPSA) is 3.88 Å². The van der Waals surface area contributed by atoms with Crippen LogP contribution in [0.2, 0.25) is 0 Å². The van der Waals surface area contributed by atoms with E-state index >= 15 is 0 Å². The average Bonchev–Trinajstić information content (AvgIpc) is 2.75. The summed E-state index contributed by atoms with van der Waals surface area (Å²) in [5.41, 5.74) is 6.24. The van der Waals surface area contributed by atoms with Gasteiger partial charge in [0.05, 0.1) is 5.39 Å². The molecule has 1 heterocycles. The Morgan fingerprint density at radius 3 is 2.07 bits per heavy atom. The maximum atomic E-state index is 2.33. The number of pyridine rings is 1. The van der Waals surface area contributed by atoms with Crippen LogP contribution in [0.5, 0.6) is 0 Å². The number of hydrogen-bond donors (Lipinski definition) is 0. The zero-order valence-electron chi connectivity index (χ0n) is 15.3. The summed E-state index contributed by atoms with van der Waals surface area (Å²) in [7, 11) is 2.15. The minimum atomic E-state index is 1.22. The van der Waals surface area contributed by atoms with Gasteiger partial charge >= 0.3 is 0 Å². The van der Waals surface area contributed by atoms with Crippen molar-refractivity contribution in [3.05, 3.63) is 103 Å². The number of aryl methyl sites for hydroxylation is 1. The van der Waals surface area contributed by atoms with Gasteiger partial charge in [-0.25, -0.2) is 0 Å². The number of nitrogens with zero attached hydrogens (tertiary/aromatic N) is 1. The van der Waals surface area contributed by atoms with E-state index in [1.807, 2.05) is 0 Å². The lowest BCUT2D eigenvalue weighted by molar-refractivity contribution is -0.633. The van der Waals surface area contributed by atoms with Crippen LogP contribution in [0.4, 0.5) is 0 Å². The van der Waals surface area contributed by atoms with Gasteiger partial charge in [-0.2, -0.15) is 4.57 Å². The Morgan fingerprint density at radius 1 is 0.556 bits per heavy atom. The third-order valence-corrected chi connectivity index (χ3v) is 5.35. The lowest BCUT2D eigenvalue weighted by Gasteiger charge is -2.12. The first-order valence-corrected chi connectivity index (χ1v) is 9.28. The molecule has 0 N–H and O–H groups in total. The van der Waals surface area contributed by atoms with Crippen molar-refractivity contribution in [3.8, 4) is 22.4 Å². The number of fused-ring (bicyclic) bond motifs is 2. The summed E-state index contributed by atoms with van der Waals surface area (Å²) in [6, 6.07) is 36.8. The van der Waals surface area contributed by atoms with Crippen molar-refractivity contribution >= 4 is 21.7 Å². The summed E-state index contributed by atoms with van der Waals surface area (Å²) in [6.45, 7) is 0. The van der Waals surface area contributed by atoms with Gasteiger partial charge < -0.3 is 0 Å². The first kappa shape index (κ1) is 15.8. The molecule has 0 saturated carbocycles. The van der Waals surface area contributed by atoms with E-state index in [0.717, 1.165) is 0 Å². The third-order valence-electron chi connectivity index (χ3n) is 5.35. The van der Waals surface area contributed by atoms with Crippen molar-refractivity contribution in [2.24, 2.45) is 7.05 Å². The predicted octanol–water partition coefficient (Wildman–Crippen LogP) is 6.15. The van der Waals surface area contributed by atoms with Crippen LogP contribution in [-0.2, 0) is 7.05 Å². The molecule has 0 amide bonds. The van der Waals surface area contributed by atoms with E-state index in [4.69, 9.17) is 0 Å². The Bertz CT molecular complexity index is 1260. The van der Waals surface area contributed by atoms with Crippen LogP contribution in [0, 0.1) is 0 Å². The highest BCUT2D eigenvalue weighted by atomic mass is 14.9. The minimum Gasteiger partial charge on any atom is -0.194 e. The van der Waals surface area contributed by atoms with Gasteiger partial charge in [0.15, 0.2) is 0 Å². The van der Waals surface area contributed by atoms with Crippen molar-refractivity contribution in [2.45, 2.75) is 0 Å². The number of benzene rings is 4. The van der Waals surface area contributed by atoms with Gasteiger partial charge in [0.1, 0.15) is 7.05 Å². The molecular weight excluding hydrogens is 326 g/mol. The Balaban J connectivity index is 1.91. The predicted molar refractivity (Wildman–Crippen MR) is 114 cm³/mol. The molecule has 0 aliphatic rings. The fourth-order valence-corrected chi connectivity index (χ4v) is 4.00. The van der Waals surface area contributed by atoms with Crippen LogP contribution < -0.4 is 4.57 Å². The standard InChI is InChI=1S/C26H20N/c1-27-25-17-8-7-15-23(25)24(18-26(27)20-11-3-2-4-12-20)22-16-9-13-19-10-5-6-14-21(19)22/h2-18H,1H3/q+1. The second kappa shape index (κ2) is 6.37. The molecule has 0 radical (unpaired) electrons. The van der Waals surface area contributed by atoms with Crippen molar-refractivity contribution in [1.29, 1.82) is 0 Å². The third kappa shape index (κ3) is 2.60. The molecule has 1 heteroatoms. The van der Waals surface area contributed by atoms with Crippen molar-refractivity contribution < 1.29 is 4.57 Å². The summed E-state index contributed by atoms with van der Waals surface area (Å²) < 4.78 is 2.29. The molecule has 0 bridgehead atoms. The molecule has 0 saturated heterocycles. The van der Waals surface area contributed by atoms with E-state index < -0.39 is 0 Å². The summed E-state index contributed by atoms with van der Waals surface area (Å²) in [5.74, 6) is 0. The van der Waals surface area contributed by atoms with Crippen LogP contribution in [0.25, 0.3) is 44.1 Å². The molecular formula is C26H20N+. The molecule has 0 unspecified atom stereocenters. The zero-order valence-corrected chi connectivity index (χ0v) is 15.3. The van der Waals surface area contributed by atoms with E-state index in [1.54, 1.807) is 0 Å². The van der Waals surface area contributed by atoms with E-state index in [1.165, 1.54) is 44.1 Å². The smallest absolute Gasteiger partial charge is 0.194 e. The van der Waals surface area contributed by atoms with Gasteiger partial charge in [-0.15, -0.1) is 0 Å². The van der Waals surface area contributed by atoms with Crippen LogP contribution >= 0.6 is 0 Å². The Hall–Kier alpha value is -3.45. The quantitative estimate of drug-likeness (QED) is 0.337. The SMILES string of the molecule is C[n+]1c(-c2ccccc2)cc(-c2cccc3ccccc23)c2ccccc21. The van der Waals surface area contributed by atoms with Crippen LogP contribution in [0.3, 0.4) is 0 Å². The van der Waals surface area contributed by atoms with E-state index in [-0.39, 0.29) is 0 Å². The molecule has 5 aromatic rings. The number of para-hydroxylation sites is 1. The molecule has 0 spiro atoms. The van der Waals surface area contributed by atoms with Crippen molar-refractivity contribution in [2.75, 3.05) is 0 Å². The fraction of sp³-hybridized carbons (Fsp3) is 0.0385. The zero-order chi connectivity index (χ0) is 18.2. The summed E-state index contributed by atoms with van der Waals surface area (Å²) in [6.07, 6.45) is 0. The largest absolute Gasteiger partial charge is 0.213 e. The van der Waals surface area contributed by atoms with Gasteiger partial charge in [0.2, 0.25) is 11.2 Å². The van der Waals surface area contributed by atoms with E-state index in [0.29, 0.717) is 0 Å². The second-order valence-corrected chi connectivity index (χ2v) is 6.91. The summed E-state index contributed by atoms with van der Waals surface area (Å²) >= 11 is 0. The lowest BCUT2D eigenvalue weighted by atomic mass is 9.94. The molecule has 0 fully saturated rings. The van der Waals surface area contributed by atoms with Crippen LogP contribution in [0.1, 0.15) is 0 Å². The summed E-state index contributed by atoms with van der Waals surface area (Å²) in [5, 5.41) is 3.84. The van der Waals surface area contributed by atoms with E-state index in [9.17, 15) is 0 Å². The van der Waals surface area contributed by atoms with Gasteiger partial charge in [0.25, 0.3) is 0 Å².